The van der Waals surface area contributed by atoms with Gasteiger partial charge in [0.25, 0.3) is 5.91 Å². The minimum atomic E-state index is -1.06. The highest BCUT2D eigenvalue weighted by molar-refractivity contribution is 7.10. The Kier molecular flexibility index (Phi) is 4.53. The number of urea groups is 1. The van der Waals surface area contributed by atoms with Crippen molar-refractivity contribution in [1.29, 1.82) is 5.26 Å². The highest BCUT2D eigenvalue weighted by Crippen LogP contribution is 2.42. The van der Waals surface area contributed by atoms with E-state index >= 15 is 0 Å². The van der Waals surface area contributed by atoms with Crippen molar-refractivity contribution >= 4 is 29.2 Å². The number of carbonyl (C=O) groups excluding carboxylic acids is 3. The molecular weight excluding hydrogens is 352 g/mol. The Balaban J connectivity index is 1.80. The summed E-state index contributed by atoms with van der Waals surface area (Å²) >= 11 is 1.58. The van der Waals surface area contributed by atoms with Crippen LogP contribution in [0, 0.1) is 17.2 Å². The van der Waals surface area contributed by atoms with Crippen molar-refractivity contribution in [3.8, 4) is 6.07 Å². The molecule has 7 nitrogen and oxygen atoms in total. The molecule has 2 atom stereocenters. The third kappa shape index (κ3) is 2.76. The van der Waals surface area contributed by atoms with E-state index in [0.717, 1.165) is 28.2 Å². The summed E-state index contributed by atoms with van der Waals surface area (Å²) in [6.07, 6.45) is 2.23. The van der Waals surface area contributed by atoms with E-state index in [0.29, 0.717) is 6.42 Å². The second-order valence-corrected chi connectivity index (χ2v) is 8.36. The first-order chi connectivity index (χ1) is 12.2. The number of aryl methyl sites for hydroxylation is 1. The molecular formula is C18H22N4O3S. The lowest BCUT2D eigenvalue weighted by Crippen LogP contribution is -2.53. The SMILES string of the molecule is CC(C)[C@@](C)(C#N)NC(=O)CN1C(=O)N[C@@]2(CCCc3sccc32)C1=O. The molecule has 0 unspecified atom stereocenters. The molecule has 2 aliphatic rings. The van der Waals surface area contributed by atoms with Crippen molar-refractivity contribution in [3.63, 3.8) is 0 Å². The van der Waals surface area contributed by atoms with E-state index in [1.165, 1.54) is 0 Å². The van der Waals surface area contributed by atoms with E-state index in [4.69, 9.17) is 0 Å². The van der Waals surface area contributed by atoms with Crippen molar-refractivity contribution in [2.24, 2.45) is 5.92 Å². The summed E-state index contributed by atoms with van der Waals surface area (Å²) in [5.74, 6) is -1.03. The molecule has 0 bridgehead atoms. The number of rotatable bonds is 4. The second kappa shape index (κ2) is 6.40. The molecule has 0 saturated carbocycles. The van der Waals surface area contributed by atoms with Crippen LogP contribution in [0.3, 0.4) is 0 Å². The van der Waals surface area contributed by atoms with Gasteiger partial charge in [-0.3, -0.25) is 14.5 Å². The van der Waals surface area contributed by atoms with Gasteiger partial charge in [-0.1, -0.05) is 13.8 Å². The van der Waals surface area contributed by atoms with Gasteiger partial charge in [-0.25, -0.2) is 4.79 Å². The van der Waals surface area contributed by atoms with Gasteiger partial charge >= 0.3 is 6.03 Å². The minimum Gasteiger partial charge on any atom is -0.336 e. The Hall–Kier alpha value is -2.40. The van der Waals surface area contributed by atoms with Crippen molar-refractivity contribution in [3.05, 3.63) is 21.9 Å². The van der Waals surface area contributed by atoms with E-state index in [-0.39, 0.29) is 11.8 Å². The zero-order valence-electron chi connectivity index (χ0n) is 15.1. The molecule has 2 N–H and O–H groups in total. The van der Waals surface area contributed by atoms with Gasteiger partial charge in [0.2, 0.25) is 5.91 Å². The molecule has 0 aromatic carbocycles. The van der Waals surface area contributed by atoms with Crippen LogP contribution in [0.15, 0.2) is 11.4 Å². The highest BCUT2D eigenvalue weighted by Gasteiger charge is 2.54. The molecule has 1 saturated heterocycles. The van der Waals surface area contributed by atoms with Crippen molar-refractivity contribution < 1.29 is 14.4 Å². The number of nitrogens with zero attached hydrogens (tertiary/aromatic N) is 2. The maximum atomic E-state index is 13.1. The number of hydrogen-bond acceptors (Lipinski definition) is 5. The molecule has 138 valence electrons. The number of imide groups is 1. The van der Waals surface area contributed by atoms with Gasteiger partial charge in [-0.15, -0.1) is 11.3 Å². The average Bonchev–Trinajstić information content (AvgIpc) is 3.15. The van der Waals surface area contributed by atoms with E-state index in [1.54, 1.807) is 18.3 Å². The summed E-state index contributed by atoms with van der Waals surface area (Å²) in [5.41, 5.74) is -1.26. The number of nitrogens with one attached hydrogen (secondary N) is 2. The van der Waals surface area contributed by atoms with Crippen LogP contribution in [0.4, 0.5) is 4.79 Å². The van der Waals surface area contributed by atoms with Crippen molar-refractivity contribution in [2.75, 3.05) is 6.54 Å². The van der Waals surface area contributed by atoms with Crippen LogP contribution in [0.25, 0.3) is 0 Å². The van der Waals surface area contributed by atoms with E-state index < -0.39 is 29.6 Å². The number of fused-ring (bicyclic) bond motifs is 2. The first-order valence-electron chi connectivity index (χ1n) is 8.67. The van der Waals surface area contributed by atoms with E-state index in [9.17, 15) is 19.6 Å². The van der Waals surface area contributed by atoms with Gasteiger partial charge in [0.05, 0.1) is 6.07 Å². The molecule has 1 fully saturated rings. The molecule has 1 aromatic heterocycles. The Morgan fingerprint density at radius 1 is 1.54 bits per heavy atom. The minimum absolute atomic E-state index is 0.113. The third-order valence-corrected chi connectivity index (χ3v) is 6.41. The van der Waals surface area contributed by atoms with Gasteiger partial charge in [-0.05, 0) is 43.6 Å². The summed E-state index contributed by atoms with van der Waals surface area (Å²) in [4.78, 5) is 40.0. The van der Waals surface area contributed by atoms with Gasteiger partial charge < -0.3 is 10.6 Å². The van der Waals surface area contributed by atoms with Gasteiger partial charge in [-0.2, -0.15) is 5.26 Å². The number of carbonyl (C=O) groups is 3. The molecule has 0 radical (unpaired) electrons. The van der Waals surface area contributed by atoms with E-state index in [2.05, 4.69) is 16.7 Å². The number of thiophene rings is 1. The summed E-state index contributed by atoms with van der Waals surface area (Å²) in [5, 5.41) is 16.7. The smallest absolute Gasteiger partial charge is 0.325 e. The molecule has 1 aliphatic heterocycles. The predicted octanol–water partition coefficient (Wildman–Crippen LogP) is 1.89. The maximum Gasteiger partial charge on any atom is 0.325 e. The molecule has 2 heterocycles. The summed E-state index contributed by atoms with van der Waals surface area (Å²) in [7, 11) is 0. The van der Waals surface area contributed by atoms with Crippen molar-refractivity contribution in [2.45, 2.75) is 51.1 Å². The Morgan fingerprint density at radius 2 is 2.27 bits per heavy atom. The summed E-state index contributed by atoms with van der Waals surface area (Å²) in [6.45, 7) is 4.89. The molecule has 26 heavy (non-hydrogen) atoms. The van der Waals surface area contributed by atoms with Crippen LogP contribution >= 0.6 is 11.3 Å². The van der Waals surface area contributed by atoms with Crippen molar-refractivity contribution in [1.82, 2.24) is 15.5 Å². The second-order valence-electron chi connectivity index (χ2n) is 7.35. The topological polar surface area (TPSA) is 102 Å². The monoisotopic (exact) mass is 374 g/mol. The zero-order valence-corrected chi connectivity index (χ0v) is 15.9. The first-order valence-corrected chi connectivity index (χ1v) is 9.54. The van der Waals surface area contributed by atoms with Crippen LogP contribution < -0.4 is 10.6 Å². The molecule has 8 heteroatoms. The Morgan fingerprint density at radius 3 is 2.92 bits per heavy atom. The summed E-state index contributed by atoms with van der Waals surface area (Å²) in [6, 6.07) is 3.41. The normalized spacial score (nSPS) is 24.2. The lowest BCUT2D eigenvalue weighted by Gasteiger charge is -2.31. The quantitative estimate of drug-likeness (QED) is 0.786. The Bertz CT molecular complexity index is 812. The number of amides is 4. The van der Waals surface area contributed by atoms with Gasteiger partial charge in [0.1, 0.15) is 17.6 Å². The lowest BCUT2D eigenvalue weighted by molar-refractivity contribution is -0.136. The van der Waals surface area contributed by atoms with Gasteiger partial charge in [0.15, 0.2) is 0 Å². The zero-order chi connectivity index (χ0) is 19.1. The predicted molar refractivity (Wildman–Crippen MR) is 96.2 cm³/mol. The third-order valence-electron chi connectivity index (χ3n) is 5.42. The number of nitriles is 1. The van der Waals surface area contributed by atoms with Crippen LogP contribution in [0.5, 0.6) is 0 Å². The summed E-state index contributed by atoms with van der Waals surface area (Å²) < 4.78 is 0. The molecule has 4 amide bonds. The fraction of sp³-hybridized carbons (Fsp3) is 0.556. The van der Waals surface area contributed by atoms with Crippen LogP contribution in [-0.2, 0) is 21.5 Å². The standard InChI is InChI=1S/C18H22N4O3S/c1-11(2)17(3,10-19)20-14(23)9-22-15(24)18(21-16(22)25)7-4-5-13-12(18)6-8-26-13/h6,8,11H,4-5,7,9H2,1-3H3,(H,20,23)(H,21,25)/t17-,18-/m1/s1. The van der Waals surface area contributed by atoms with Gasteiger partial charge in [0, 0.05) is 10.4 Å². The molecule has 1 spiro atoms. The fourth-order valence-electron chi connectivity index (χ4n) is 3.46. The fourth-order valence-corrected chi connectivity index (χ4v) is 4.46. The maximum absolute atomic E-state index is 13.1. The van der Waals surface area contributed by atoms with Crippen LogP contribution in [-0.4, -0.2) is 34.8 Å². The average molecular weight is 374 g/mol. The number of hydrogen-bond donors (Lipinski definition) is 2. The Labute approximate surface area is 156 Å². The molecule has 1 aromatic rings. The van der Waals surface area contributed by atoms with Crippen LogP contribution in [0.1, 0.15) is 44.1 Å². The van der Waals surface area contributed by atoms with Crippen LogP contribution in [0.2, 0.25) is 0 Å². The highest BCUT2D eigenvalue weighted by atomic mass is 32.1. The lowest BCUT2D eigenvalue weighted by atomic mass is 9.80. The first kappa shape index (κ1) is 18.4. The van der Waals surface area contributed by atoms with E-state index in [1.807, 2.05) is 25.3 Å². The molecule has 3 rings (SSSR count). The largest absolute Gasteiger partial charge is 0.336 e. The molecule has 1 aliphatic carbocycles.